The summed E-state index contributed by atoms with van der Waals surface area (Å²) in [7, 11) is 0. The number of hydrogen-bond acceptors (Lipinski definition) is 1. The monoisotopic (exact) mass is 629 g/mol. The van der Waals surface area contributed by atoms with Gasteiger partial charge in [-0.1, -0.05) is 84.9 Å². The lowest BCUT2D eigenvalue weighted by Crippen LogP contribution is -1.96. The van der Waals surface area contributed by atoms with Crippen molar-refractivity contribution in [2.45, 2.75) is 0 Å². The van der Waals surface area contributed by atoms with Crippen LogP contribution in [0, 0.1) is 0 Å². The van der Waals surface area contributed by atoms with Crippen LogP contribution in [0.15, 0.2) is 164 Å². The summed E-state index contributed by atoms with van der Waals surface area (Å²) in [6.45, 7) is 0. The number of fused-ring (bicyclic) bond motifs is 12. The van der Waals surface area contributed by atoms with Crippen LogP contribution in [0.2, 0.25) is 0 Å². The summed E-state index contributed by atoms with van der Waals surface area (Å²) in [4.78, 5) is 0. The molecule has 3 nitrogen and oxygen atoms in total. The summed E-state index contributed by atoms with van der Waals surface area (Å²) < 4.78 is 9.88. The summed E-state index contributed by atoms with van der Waals surface area (Å²) in [6, 6.07) is 57.6. The van der Waals surface area contributed by atoms with Crippen molar-refractivity contribution in [2.24, 2.45) is 0 Å². The fraction of sp³-hybridized carbons (Fsp3) is 0. The Balaban J connectivity index is 1.31. The molecule has 4 heteroatoms. The first-order valence-corrected chi connectivity index (χ1v) is 17.2. The lowest BCUT2D eigenvalue weighted by Gasteiger charge is -2.12. The van der Waals surface area contributed by atoms with E-state index >= 15 is 0 Å². The molecule has 0 aliphatic heterocycles. The maximum Gasteiger partial charge on any atom is 0.0635 e. The van der Waals surface area contributed by atoms with Gasteiger partial charge < -0.3 is 13.7 Å². The molecular formula is C44H27N3S. The molecule has 0 unspecified atom stereocenters. The number of rotatable bonds is 3. The molecule has 11 rings (SSSR count). The first kappa shape index (κ1) is 26.0. The van der Waals surface area contributed by atoms with Crippen molar-refractivity contribution in [1.29, 1.82) is 0 Å². The average Bonchev–Trinajstić information content (AvgIpc) is 3.91. The van der Waals surface area contributed by atoms with Crippen LogP contribution in [0.1, 0.15) is 0 Å². The molecule has 4 aromatic heterocycles. The molecule has 0 radical (unpaired) electrons. The smallest absolute Gasteiger partial charge is 0.0635 e. The van der Waals surface area contributed by atoms with E-state index < -0.39 is 0 Å². The van der Waals surface area contributed by atoms with E-state index in [9.17, 15) is 0 Å². The van der Waals surface area contributed by atoms with Gasteiger partial charge in [0.2, 0.25) is 0 Å². The highest BCUT2D eigenvalue weighted by Gasteiger charge is 2.22. The number of nitrogens with zero attached hydrogens (tertiary/aromatic N) is 3. The summed E-state index contributed by atoms with van der Waals surface area (Å²) in [5.74, 6) is 0. The molecule has 0 aliphatic rings. The number of thiophene rings is 1. The van der Waals surface area contributed by atoms with Crippen molar-refractivity contribution in [3.05, 3.63) is 164 Å². The van der Waals surface area contributed by atoms with Crippen LogP contribution in [0.4, 0.5) is 0 Å². The average molecular weight is 630 g/mol. The van der Waals surface area contributed by atoms with Gasteiger partial charge in [0.1, 0.15) is 0 Å². The lowest BCUT2D eigenvalue weighted by molar-refractivity contribution is 1.13. The molecule has 4 heterocycles. The van der Waals surface area contributed by atoms with Crippen LogP contribution in [0.3, 0.4) is 0 Å². The summed E-state index contributed by atoms with van der Waals surface area (Å²) in [5.41, 5.74) is 9.63. The summed E-state index contributed by atoms with van der Waals surface area (Å²) in [5, 5.41) is 8.93. The third-order valence-electron chi connectivity index (χ3n) is 10.1. The molecule has 0 atom stereocenters. The minimum atomic E-state index is 1.16. The second-order valence-corrected chi connectivity index (χ2v) is 13.7. The van der Waals surface area contributed by atoms with Crippen LogP contribution < -0.4 is 0 Å². The first-order valence-electron chi connectivity index (χ1n) is 16.4. The van der Waals surface area contributed by atoms with Crippen molar-refractivity contribution in [2.75, 3.05) is 0 Å². The van der Waals surface area contributed by atoms with E-state index in [2.05, 4.69) is 178 Å². The van der Waals surface area contributed by atoms with Crippen LogP contribution in [-0.2, 0) is 0 Å². The first-order chi connectivity index (χ1) is 23.8. The molecule has 0 aliphatic carbocycles. The predicted molar refractivity (Wildman–Crippen MR) is 205 cm³/mol. The maximum absolute atomic E-state index is 2.55. The highest BCUT2D eigenvalue weighted by Crippen LogP contribution is 2.45. The second kappa shape index (κ2) is 9.71. The summed E-state index contributed by atoms with van der Waals surface area (Å²) in [6.07, 6.45) is 2.22. The van der Waals surface area contributed by atoms with Crippen LogP contribution in [-0.4, -0.2) is 13.7 Å². The van der Waals surface area contributed by atoms with E-state index in [1.165, 1.54) is 86.1 Å². The maximum atomic E-state index is 2.55. The van der Waals surface area contributed by atoms with E-state index in [0.29, 0.717) is 0 Å². The number of hydrogen-bond donors (Lipinski definition) is 0. The fourth-order valence-electron chi connectivity index (χ4n) is 8.05. The Morgan fingerprint density at radius 3 is 1.88 bits per heavy atom. The van der Waals surface area contributed by atoms with Crippen molar-refractivity contribution in [3.63, 3.8) is 0 Å². The largest absolute Gasteiger partial charge is 0.316 e. The van der Waals surface area contributed by atoms with Crippen molar-refractivity contribution in [3.8, 4) is 17.1 Å². The Morgan fingerprint density at radius 1 is 0.354 bits per heavy atom. The standard InChI is InChI=1S/C44H27N3S/c1-3-11-28(12-4-1)45-26-25-34-37(45)23-20-32-33-21-24-41-42(35-16-8-10-18-40(35)48-41)44(33)47(43(32)34)30-19-22-39-36(27-30)31-15-7-9-17-38(31)46(39)29-13-5-2-6-14-29/h1-27H. The van der Waals surface area contributed by atoms with Crippen molar-refractivity contribution in [1.82, 2.24) is 13.7 Å². The molecule has 0 saturated carbocycles. The van der Waals surface area contributed by atoms with Gasteiger partial charge in [0, 0.05) is 70.4 Å². The Labute approximate surface area is 279 Å². The fourth-order valence-corrected chi connectivity index (χ4v) is 9.15. The highest BCUT2D eigenvalue weighted by atomic mass is 32.1. The zero-order valence-electron chi connectivity index (χ0n) is 25.8. The van der Waals surface area contributed by atoms with Crippen molar-refractivity contribution < 1.29 is 0 Å². The lowest BCUT2D eigenvalue weighted by atomic mass is 10.1. The van der Waals surface area contributed by atoms with Gasteiger partial charge in [-0.15, -0.1) is 11.3 Å². The van der Waals surface area contributed by atoms with Gasteiger partial charge >= 0.3 is 0 Å². The number of para-hydroxylation sites is 3. The summed E-state index contributed by atoms with van der Waals surface area (Å²) >= 11 is 1.88. The van der Waals surface area contributed by atoms with Gasteiger partial charge in [0.05, 0.1) is 27.6 Å². The van der Waals surface area contributed by atoms with Gasteiger partial charge in [0.25, 0.3) is 0 Å². The number of aromatic nitrogens is 3. The molecule has 48 heavy (non-hydrogen) atoms. The zero-order valence-corrected chi connectivity index (χ0v) is 26.7. The minimum absolute atomic E-state index is 1.16. The molecule has 7 aromatic carbocycles. The topological polar surface area (TPSA) is 14.8 Å². The van der Waals surface area contributed by atoms with E-state index in [-0.39, 0.29) is 0 Å². The highest BCUT2D eigenvalue weighted by molar-refractivity contribution is 7.26. The normalized spacial score (nSPS) is 12.2. The number of benzene rings is 7. The molecule has 0 bridgehead atoms. The quantitative estimate of drug-likeness (QED) is 0.185. The van der Waals surface area contributed by atoms with E-state index in [1.807, 2.05) is 11.3 Å². The molecule has 224 valence electrons. The molecule has 0 fully saturated rings. The zero-order chi connectivity index (χ0) is 31.3. The molecule has 0 amide bonds. The Morgan fingerprint density at radius 2 is 1.02 bits per heavy atom. The van der Waals surface area contributed by atoms with Gasteiger partial charge in [-0.2, -0.15) is 0 Å². The second-order valence-electron chi connectivity index (χ2n) is 12.6. The van der Waals surface area contributed by atoms with E-state index in [4.69, 9.17) is 0 Å². The van der Waals surface area contributed by atoms with Gasteiger partial charge in [-0.3, -0.25) is 0 Å². The molecular weight excluding hydrogens is 603 g/mol. The van der Waals surface area contributed by atoms with E-state index in [0.717, 1.165) is 5.69 Å². The minimum Gasteiger partial charge on any atom is -0.316 e. The third-order valence-corrected chi connectivity index (χ3v) is 11.2. The van der Waals surface area contributed by atoms with Gasteiger partial charge in [-0.25, -0.2) is 0 Å². The molecule has 0 saturated heterocycles. The van der Waals surface area contributed by atoms with Crippen LogP contribution in [0.5, 0.6) is 0 Å². The van der Waals surface area contributed by atoms with Crippen molar-refractivity contribution >= 4 is 86.0 Å². The van der Waals surface area contributed by atoms with Gasteiger partial charge in [-0.05, 0) is 72.8 Å². The third kappa shape index (κ3) is 3.47. The Hall–Kier alpha value is -6.10. The molecule has 0 spiro atoms. The predicted octanol–water partition coefficient (Wildman–Crippen LogP) is 12.2. The van der Waals surface area contributed by atoms with Gasteiger partial charge in [0.15, 0.2) is 0 Å². The Kier molecular flexibility index (Phi) is 5.26. The van der Waals surface area contributed by atoms with E-state index in [1.54, 1.807) is 0 Å². The van der Waals surface area contributed by atoms with Crippen LogP contribution in [0.25, 0.3) is 91.7 Å². The molecule has 0 N–H and O–H groups in total. The SMILES string of the molecule is c1ccc(-n2ccc3c2ccc2c4ccc5sc6ccccc6c5c4n(-c4ccc5c(c4)c4ccccc4n5-c4ccccc4)c23)cc1. The van der Waals surface area contributed by atoms with Crippen LogP contribution >= 0.6 is 11.3 Å². The Bertz CT molecular complexity index is 3050. The molecule has 11 aromatic rings.